The van der Waals surface area contributed by atoms with Gasteiger partial charge in [0.2, 0.25) is 0 Å². The Kier molecular flexibility index (Phi) is 5.41. The normalized spacial score (nSPS) is 26.4. The van der Waals surface area contributed by atoms with Crippen molar-refractivity contribution in [2.75, 3.05) is 52.5 Å². The number of hydrogen-bond donors (Lipinski definition) is 0. The first-order chi connectivity index (χ1) is 8.79. The van der Waals surface area contributed by atoms with E-state index in [1.54, 1.807) is 0 Å². The predicted octanol–water partition coefficient (Wildman–Crippen LogP) is 0.346. The molecule has 0 amide bonds. The summed E-state index contributed by atoms with van der Waals surface area (Å²) >= 11 is 0. The van der Waals surface area contributed by atoms with Gasteiger partial charge in [0, 0.05) is 32.2 Å². The average Bonchev–Trinajstić information content (AvgIpc) is 2.87. The van der Waals surface area contributed by atoms with Gasteiger partial charge >= 0.3 is 5.97 Å². The summed E-state index contributed by atoms with van der Waals surface area (Å²) in [5.74, 6) is -0.0766. The summed E-state index contributed by atoms with van der Waals surface area (Å²) in [6.07, 6.45) is 1.73. The second kappa shape index (κ2) is 7.07. The molecule has 2 rings (SSSR count). The first kappa shape index (κ1) is 13.8. The van der Waals surface area contributed by atoms with Gasteiger partial charge in [-0.25, -0.2) is 0 Å². The van der Waals surface area contributed by atoms with Crippen LogP contribution in [-0.4, -0.2) is 74.4 Å². The molecule has 2 fully saturated rings. The number of rotatable bonds is 5. The van der Waals surface area contributed by atoms with Gasteiger partial charge in [0.05, 0.1) is 26.2 Å². The van der Waals surface area contributed by atoms with Crippen molar-refractivity contribution in [1.82, 2.24) is 9.80 Å². The van der Waals surface area contributed by atoms with Crippen molar-refractivity contribution in [2.24, 2.45) is 0 Å². The fraction of sp³-hybridized carbons (Fsp3) is 0.923. The molecular weight excluding hydrogens is 232 g/mol. The maximum absolute atomic E-state index is 11.3. The lowest BCUT2D eigenvalue weighted by atomic mass is 10.2. The standard InChI is InChI=1S/C13H24N2O3/c1-2-18-13(16)4-6-14-5-3-12(11-14)15-7-9-17-10-8-15/h12H,2-11H2,1H3. The molecule has 0 aromatic carbocycles. The van der Waals surface area contributed by atoms with Crippen molar-refractivity contribution in [3.63, 3.8) is 0 Å². The van der Waals surface area contributed by atoms with Crippen LogP contribution in [0.4, 0.5) is 0 Å². The third kappa shape index (κ3) is 3.93. The van der Waals surface area contributed by atoms with E-state index in [1.165, 1.54) is 6.42 Å². The smallest absolute Gasteiger partial charge is 0.307 e. The summed E-state index contributed by atoms with van der Waals surface area (Å²) in [6, 6.07) is 0.649. The second-order valence-corrected chi connectivity index (χ2v) is 4.95. The SMILES string of the molecule is CCOC(=O)CCN1CCC(N2CCOCC2)C1. The number of likely N-dealkylation sites (tertiary alicyclic amines) is 1. The largest absolute Gasteiger partial charge is 0.466 e. The third-order valence-electron chi connectivity index (χ3n) is 3.75. The Morgan fingerprint density at radius 1 is 1.33 bits per heavy atom. The molecule has 0 aromatic heterocycles. The minimum atomic E-state index is -0.0766. The zero-order valence-corrected chi connectivity index (χ0v) is 11.3. The number of esters is 1. The van der Waals surface area contributed by atoms with Crippen molar-refractivity contribution in [3.8, 4) is 0 Å². The number of carbonyl (C=O) groups excluding carboxylic acids is 1. The Morgan fingerprint density at radius 3 is 2.83 bits per heavy atom. The molecule has 1 atom stereocenters. The fourth-order valence-electron chi connectivity index (χ4n) is 2.74. The summed E-state index contributed by atoms with van der Waals surface area (Å²) in [4.78, 5) is 16.2. The molecule has 0 spiro atoms. The molecule has 5 nitrogen and oxygen atoms in total. The van der Waals surface area contributed by atoms with Gasteiger partial charge in [-0.05, 0) is 19.9 Å². The summed E-state index contributed by atoms with van der Waals surface area (Å²) in [7, 11) is 0. The highest BCUT2D eigenvalue weighted by Gasteiger charge is 2.28. The highest BCUT2D eigenvalue weighted by molar-refractivity contribution is 5.69. The molecule has 0 radical (unpaired) electrons. The minimum absolute atomic E-state index is 0.0766. The lowest BCUT2D eigenvalue weighted by Crippen LogP contribution is -2.44. The van der Waals surface area contributed by atoms with Crippen LogP contribution in [0.1, 0.15) is 19.8 Å². The van der Waals surface area contributed by atoms with E-state index >= 15 is 0 Å². The predicted molar refractivity (Wildman–Crippen MR) is 68.5 cm³/mol. The first-order valence-corrected chi connectivity index (χ1v) is 6.99. The van der Waals surface area contributed by atoms with E-state index in [9.17, 15) is 4.79 Å². The summed E-state index contributed by atoms with van der Waals surface area (Å²) in [5, 5.41) is 0. The molecule has 0 N–H and O–H groups in total. The molecule has 1 unspecified atom stereocenters. The van der Waals surface area contributed by atoms with Gasteiger partial charge in [-0.15, -0.1) is 0 Å². The maximum Gasteiger partial charge on any atom is 0.307 e. The number of carbonyl (C=O) groups is 1. The van der Waals surface area contributed by atoms with Crippen LogP contribution in [0.5, 0.6) is 0 Å². The van der Waals surface area contributed by atoms with E-state index in [2.05, 4.69) is 9.80 Å². The molecule has 2 saturated heterocycles. The zero-order valence-electron chi connectivity index (χ0n) is 11.3. The molecule has 104 valence electrons. The Labute approximate surface area is 109 Å². The molecule has 2 aliphatic rings. The molecule has 0 aliphatic carbocycles. The van der Waals surface area contributed by atoms with Crippen LogP contribution in [-0.2, 0) is 14.3 Å². The summed E-state index contributed by atoms with van der Waals surface area (Å²) in [6.45, 7) is 9.17. The monoisotopic (exact) mass is 256 g/mol. The lowest BCUT2D eigenvalue weighted by Gasteiger charge is -2.32. The van der Waals surface area contributed by atoms with E-state index in [-0.39, 0.29) is 5.97 Å². The van der Waals surface area contributed by atoms with E-state index in [0.717, 1.165) is 45.9 Å². The Balaban J connectivity index is 1.66. The van der Waals surface area contributed by atoms with Crippen molar-refractivity contribution in [1.29, 1.82) is 0 Å². The van der Waals surface area contributed by atoms with Gasteiger partial charge in [-0.1, -0.05) is 0 Å². The van der Waals surface area contributed by atoms with Crippen molar-refractivity contribution >= 4 is 5.97 Å². The Hall–Kier alpha value is -0.650. The number of morpholine rings is 1. The third-order valence-corrected chi connectivity index (χ3v) is 3.75. The minimum Gasteiger partial charge on any atom is -0.466 e. The average molecular weight is 256 g/mol. The molecule has 2 heterocycles. The number of hydrogen-bond acceptors (Lipinski definition) is 5. The maximum atomic E-state index is 11.3. The first-order valence-electron chi connectivity index (χ1n) is 6.99. The van der Waals surface area contributed by atoms with Crippen LogP contribution in [0, 0.1) is 0 Å². The Bertz CT molecular complexity index is 267. The van der Waals surface area contributed by atoms with Gasteiger partial charge in [0.25, 0.3) is 0 Å². The topological polar surface area (TPSA) is 42.0 Å². The highest BCUT2D eigenvalue weighted by atomic mass is 16.5. The summed E-state index contributed by atoms with van der Waals surface area (Å²) < 4.78 is 10.3. The van der Waals surface area contributed by atoms with Crippen molar-refractivity contribution in [2.45, 2.75) is 25.8 Å². The molecule has 5 heteroatoms. The highest BCUT2D eigenvalue weighted by Crippen LogP contribution is 2.17. The molecule has 0 bridgehead atoms. The van der Waals surface area contributed by atoms with Crippen LogP contribution in [0.3, 0.4) is 0 Å². The lowest BCUT2D eigenvalue weighted by molar-refractivity contribution is -0.143. The van der Waals surface area contributed by atoms with Crippen molar-refractivity contribution in [3.05, 3.63) is 0 Å². The van der Waals surface area contributed by atoms with Gasteiger partial charge in [0.1, 0.15) is 0 Å². The molecule has 2 aliphatic heterocycles. The van der Waals surface area contributed by atoms with Crippen LogP contribution >= 0.6 is 0 Å². The summed E-state index contributed by atoms with van der Waals surface area (Å²) in [5.41, 5.74) is 0. The van der Waals surface area contributed by atoms with E-state index < -0.39 is 0 Å². The fourth-order valence-corrected chi connectivity index (χ4v) is 2.74. The van der Waals surface area contributed by atoms with Gasteiger partial charge < -0.3 is 14.4 Å². The molecule has 0 aromatic rings. The number of nitrogens with zero attached hydrogens (tertiary/aromatic N) is 2. The Morgan fingerprint density at radius 2 is 2.11 bits per heavy atom. The van der Waals surface area contributed by atoms with Crippen LogP contribution < -0.4 is 0 Å². The van der Waals surface area contributed by atoms with Gasteiger partial charge in [0.15, 0.2) is 0 Å². The van der Waals surface area contributed by atoms with Crippen LogP contribution in [0.2, 0.25) is 0 Å². The number of ether oxygens (including phenoxy) is 2. The molecular formula is C13H24N2O3. The second-order valence-electron chi connectivity index (χ2n) is 4.95. The quantitative estimate of drug-likeness (QED) is 0.664. The van der Waals surface area contributed by atoms with Gasteiger partial charge in [-0.3, -0.25) is 9.69 Å². The van der Waals surface area contributed by atoms with E-state index in [1.807, 2.05) is 6.92 Å². The van der Waals surface area contributed by atoms with E-state index in [0.29, 0.717) is 19.1 Å². The van der Waals surface area contributed by atoms with Crippen LogP contribution in [0.25, 0.3) is 0 Å². The van der Waals surface area contributed by atoms with Crippen LogP contribution in [0.15, 0.2) is 0 Å². The van der Waals surface area contributed by atoms with E-state index in [4.69, 9.17) is 9.47 Å². The molecule has 18 heavy (non-hydrogen) atoms. The zero-order chi connectivity index (χ0) is 12.8. The van der Waals surface area contributed by atoms with Gasteiger partial charge in [-0.2, -0.15) is 0 Å². The van der Waals surface area contributed by atoms with Crippen molar-refractivity contribution < 1.29 is 14.3 Å². The molecule has 0 saturated carbocycles.